The highest BCUT2D eigenvalue weighted by atomic mass is 32.2. The van der Waals surface area contributed by atoms with E-state index in [1.807, 2.05) is 6.92 Å². The van der Waals surface area contributed by atoms with Crippen molar-refractivity contribution in [2.24, 2.45) is 5.11 Å². The summed E-state index contributed by atoms with van der Waals surface area (Å²) in [6, 6.07) is 0. The fraction of sp³-hybridized carbons (Fsp3) is 1.00. The van der Waals surface area contributed by atoms with Gasteiger partial charge in [0, 0.05) is 16.7 Å². The fourth-order valence-electron chi connectivity index (χ4n) is 0.517. The van der Waals surface area contributed by atoms with Gasteiger partial charge in [0.25, 0.3) is 0 Å². The number of hydrogen-bond donors (Lipinski definition) is 1. The zero-order chi connectivity index (χ0) is 8.53. The number of hydrogen-bond acceptors (Lipinski definition) is 3. The third kappa shape index (κ3) is 7.52. The Kier molecular flexibility index (Phi) is 7.46. The Morgan fingerprint density at radius 1 is 1.73 bits per heavy atom. The maximum atomic E-state index is 8.63. The van der Waals surface area contributed by atoms with Crippen LogP contribution in [0, 0.1) is 0 Å². The molecule has 11 heavy (non-hydrogen) atoms. The summed E-state index contributed by atoms with van der Waals surface area (Å²) in [5, 5.41) is 12.3. The molecule has 0 amide bonds. The summed E-state index contributed by atoms with van der Waals surface area (Å²) in [4.78, 5) is 2.64. The van der Waals surface area contributed by atoms with Crippen LogP contribution in [-0.2, 0) is 0 Å². The lowest BCUT2D eigenvalue weighted by Crippen LogP contribution is -2.03. The van der Waals surface area contributed by atoms with Gasteiger partial charge in [-0.25, -0.2) is 0 Å². The molecule has 0 rings (SSSR count). The van der Waals surface area contributed by atoms with Crippen molar-refractivity contribution in [2.45, 2.75) is 18.6 Å². The third-order valence-corrected chi connectivity index (χ3v) is 2.37. The second-order valence-electron chi connectivity index (χ2n) is 2.17. The Labute approximate surface area is 70.6 Å². The number of aliphatic hydroxyl groups is 1. The van der Waals surface area contributed by atoms with Crippen LogP contribution in [0.25, 0.3) is 10.4 Å². The normalized spacial score (nSPS) is 12.2. The first-order valence-electron chi connectivity index (χ1n) is 3.54. The van der Waals surface area contributed by atoms with Gasteiger partial charge in [0.05, 0.1) is 6.61 Å². The highest BCUT2D eigenvalue weighted by molar-refractivity contribution is 7.99. The van der Waals surface area contributed by atoms with E-state index in [0.29, 0.717) is 11.8 Å². The van der Waals surface area contributed by atoms with Crippen molar-refractivity contribution >= 4 is 11.8 Å². The van der Waals surface area contributed by atoms with Gasteiger partial charge in [0.2, 0.25) is 0 Å². The molecule has 0 aromatic heterocycles. The number of rotatable bonds is 6. The molecule has 0 radical (unpaired) electrons. The quantitative estimate of drug-likeness (QED) is 0.289. The second-order valence-corrected chi connectivity index (χ2v) is 3.72. The van der Waals surface area contributed by atoms with Gasteiger partial charge < -0.3 is 5.11 Å². The van der Waals surface area contributed by atoms with E-state index in [1.54, 1.807) is 11.8 Å². The Morgan fingerprint density at radius 2 is 2.45 bits per heavy atom. The van der Waals surface area contributed by atoms with Crippen LogP contribution in [0.1, 0.15) is 13.3 Å². The number of nitrogens with zero attached hydrogens (tertiary/aromatic N) is 3. The molecule has 0 aliphatic rings. The molecular formula is C6H13N3OS. The largest absolute Gasteiger partial charge is 0.395 e. The van der Waals surface area contributed by atoms with E-state index < -0.39 is 0 Å². The van der Waals surface area contributed by atoms with Crippen molar-refractivity contribution in [3.8, 4) is 0 Å². The van der Waals surface area contributed by atoms with Crippen LogP contribution in [0.5, 0.6) is 0 Å². The summed E-state index contributed by atoms with van der Waals surface area (Å²) < 4.78 is 0. The van der Waals surface area contributed by atoms with Gasteiger partial charge in [0.15, 0.2) is 0 Å². The molecule has 1 atom stereocenters. The number of thioether (sulfide) groups is 1. The zero-order valence-corrected chi connectivity index (χ0v) is 7.42. The van der Waals surface area contributed by atoms with Gasteiger partial charge in [-0.15, -0.1) is 0 Å². The van der Waals surface area contributed by atoms with E-state index >= 15 is 0 Å². The lowest BCUT2D eigenvalue weighted by atomic mass is 10.5. The van der Waals surface area contributed by atoms with Gasteiger partial charge in [0.1, 0.15) is 0 Å². The molecule has 1 N–H and O–H groups in total. The average Bonchev–Trinajstić information content (AvgIpc) is 2.04. The molecule has 0 bridgehead atoms. The van der Waals surface area contributed by atoms with Crippen LogP contribution in [0.2, 0.25) is 0 Å². The Balaban J connectivity index is 3.07. The summed E-state index contributed by atoms with van der Waals surface area (Å²) in [7, 11) is 0. The molecule has 0 saturated carbocycles. The zero-order valence-electron chi connectivity index (χ0n) is 6.60. The molecule has 0 heterocycles. The average molecular weight is 175 g/mol. The van der Waals surface area contributed by atoms with Crippen LogP contribution in [-0.4, -0.2) is 29.3 Å². The SMILES string of the molecule is CC(CO)SCCCN=[N+]=[N-]. The molecule has 0 aromatic carbocycles. The molecule has 4 nitrogen and oxygen atoms in total. The monoisotopic (exact) mass is 175 g/mol. The van der Waals surface area contributed by atoms with Crippen LogP contribution in [0.3, 0.4) is 0 Å². The van der Waals surface area contributed by atoms with Crippen LogP contribution in [0.4, 0.5) is 0 Å². The van der Waals surface area contributed by atoms with Gasteiger partial charge in [-0.3, -0.25) is 0 Å². The number of aliphatic hydroxyl groups excluding tert-OH is 1. The first-order chi connectivity index (χ1) is 5.31. The minimum Gasteiger partial charge on any atom is -0.395 e. The van der Waals surface area contributed by atoms with Crippen LogP contribution >= 0.6 is 11.8 Å². The topological polar surface area (TPSA) is 69.0 Å². The van der Waals surface area contributed by atoms with Crippen molar-refractivity contribution in [2.75, 3.05) is 18.9 Å². The standard InChI is InChI=1S/C6H13N3OS/c1-6(5-10)11-4-2-3-8-9-7/h6,10H,2-5H2,1H3. The Hall–Kier alpha value is -0.380. The lowest BCUT2D eigenvalue weighted by Gasteiger charge is -2.04. The molecular weight excluding hydrogens is 162 g/mol. The van der Waals surface area contributed by atoms with E-state index in [9.17, 15) is 0 Å². The molecule has 0 fully saturated rings. The minimum absolute atomic E-state index is 0.214. The highest BCUT2D eigenvalue weighted by Gasteiger charge is 1.97. The molecule has 0 saturated heterocycles. The summed E-state index contributed by atoms with van der Waals surface area (Å²) in [6.07, 6.45) is 0.888. The minimum atomic E-state index is 0.214. The molecule has 1 unspecified atom stereocenters. The molecule has 0 aliphatic heterocycles. The van der Waals surface area contributed by atoms with Gasteiger partial charge in [-0.2, -0.15) is 11.8 Å². The van der Waals surface area contributed by atoms with E-state index in [4.69, 9.17) is 10.6 Å². The molecule has 0 aromatic rings. The molecule has 0 aliphatic carbocycles. The fourth-order valence-corrected chi connectivity index (χ4v) is 1.32. The molecule has 0 spiro atoms. The predicted octanol–water partition coefficient (Wildman–Crippen LogP) is 1.80. The lowest BCUT2D eigenvalue weighted by molar-refractivity contribution is 0.300. The first kappa shape index (κ1) is 10.6. The van der Waals surface area contributed by atoms with Crippen LogP contribution < -0.4 is 0 Å². The maximum absolute atomic E-state index is 8.63. The first-order valence-corrected chi connectivity index (χ1v) is 4.59. The Bertz CT molecular complexity index is 136. The van der Waals surface area contributed by atoms with Gasteiger partial charge >= 0.3 is 0 Å². The smallest absolute Gasteiger partial charge is 0.0547 e. The number of azide groups is 1. The van der Waals surface area contributed by atoms with E-state index in [0.717, 1.165) is 12.2 Å². The van der Waals surface area contributed by atoms with E-state index in [1.165, 1.54) is 0 Å². The third-order valence-electron chi connectivity index (χ3n) is 1.13. The summed E-state index contributed by atoms with van der Waals surface area (Å²) in [6.45, 7) is 2.74. The van der Waals surface area contributed by atoms with Crippen molar-refractivity contribution in [3.05, 3.63) is 10.4 Å². The highest BCUT2D eigenvalue weighted by Crippen LogP contribution is 2.10. The molecule has 64 valence electrons. The summed E-state index contributed by atoms with van der Waals surface area (Å²) in [5.74, 6) is 0.945. The van der Waals surface area contributed by atoms with Crippen molar-refractivity contribution in [1.29, 1.82) is 0 Å². The molecule has 5 heteroatoms. The Morgan fingerprint density at radius 3 is 3.00 bits per heavy atom. The summed E-state index contributed by atoms with van der Waals surface area (Å²) >= 11 is 1.69. The van der Waals surface area contributed by atoms with Crippen molar-refractivity contribution in [1.82, 2.24) is 0 Å². The van der Waals surface area contributed by atoms with Crippen molar-refractivity contribution < 1.29 is 5.11 Å². The van der Waals surface area contributed by atoms with Crippen molar-refractivity contribution in [3.63, 3.8) is 0 Å². The maximum Gasteiger partial charge on any atom is 0.0547 e. The predicted molar refractivity (Wildman–Crippen MR) is 47.6 cm³/mol. The second kappa shape index (κ2) is 7.72. The van der Waals surface area contributed by atoms with Gasteiger partial charge in [-0.1, -0.05) is 12.0 Å². The van der Waals surface area contributed by atoms with Crippen LogP contribution in [0.15, 0.2) is 5.11 Å². The van der Waals surface area contributed by atoms with Gasteiger partial charge in [-0.05, 0) is 17.7 Å². The van der Waals surface area contributed by atoms with E-state index in [2.05, 4.69) is 10.0 Å². The van der Waals surface area contributed by atoms with E-state index in [-0.39, 0.29) is 6.61 Å². The summed E-state index contributed by atoms with van der Waals surface area (Å²) in [5.41, 5.74) is 7.93.